The van der Waals surface area contributed by atoms with Crippen molar-refractivity contribution in [3.8, 4) is 6.07 Å². The molecule has 0 unspecified atom stereocenters. The number of hydrogen-bond donors (Lipinski definition) is 0. The molecule has 0 saturated carbocycles. The van der Waals surface area contributed by atoms with Gasteiger partial charge >= 0.3 is 5.97 Å². The van der Waals surface area contributed by atoms with Gasteiger partial charge in [-0.15, -0.1) is 0 Å². The van der Waals surface area contributed by atoms with Crippen LogP contribution < -0.4 is 0 Å². The molecule has 1 aromatic heterocycles. The molecule has 0 aliphatic rings. The third kappa shape index (κ3) is 2.77. The number of carbonyl (C=O) groups is 1. The molecular weight excluding hydrogens is 298 g/mol. The van der Waals surface area contributed by atoms with E-state index in [-0.39, 0.29) is 10.9 Å². The zero-order valence-electron chi connectivity index (χ0n) is 8.71. The van der Waals surface area contributed by atoms with Crippen molar-refractivity contribution in [1.29, 1.82) is 5.26 Å². The molecule has 0 N–H and O–H groups in total. The largest absolute Gasteiger partial charge is 0.464 e. The van der Waals surface area contributed by atoms with Crippen LogP contribution in [0.15, 0.2) is 6.07 Å². The lowest BCUT2D eigenvalue weighted by Gasteiger charge is -2.09. The van der Waals surface area contributed by atoms with Gasteiger partial charge in [-0.3, -0.25) is 0 Å². The Bertz CT molecular complexity index is 486. The first-order valence-corrected chi connectivity index (χ1v) is 5.53. The summed E-state index contributed by atoms with van der Waals surface area (Å²) in [7, 11) is 1.06. The van der Waals surface area contributed by atoms with Crippen LogP contribution in [0.3, 0.4) is 0 Å². The summed E-state index contributed by atoms with van der Waals surface area (Å²) < 4.78 is 30.0. The summed E-state index contributed by atoms with van der Waals surface area (Å²) in [4.78, 5) is 15.1. The second kappa shape index (κ2) is 5.68. The number of methoxy groups -OCH3 is 1. The zero-order chi connectivity index (χ0) is 13.0. The summed E-state index contributed by atoms with van der Waals surface area (Å²) in [5.74, 6) is -0.986. The summed E-state index contributed by atoms with van der Waals surface area (Å²) >= 11 is 3.08. The van der Waals surface area contributed by atoms with E-state index in [1.165, 1.54) is 6.07 Å². The molecule has 17 heavy (non-hydrogen) atoms. The van der Waals surface area contributed by atoms with E-state index >= 15 is 0 Å². The smallest absolute Gasteiger partial charge is 0.357 e. The van der Waals surface area contributed by atoms with Crippen LogP contribution in [-0.4, -0.2) is 18.1 Å². The van der Waals surface area contributed by atoms with E-state index in [0.29, 0.717) is 5.69 Å². The zero-order valence-corrected chi connectivity index (χ0v) is 10.3. The molecule has 0 amide bonds. The fourth-order valence-corrected chi connectivity index (χ4v) is 1.53. The minimum Gasteiger partial charge on any atom is -0.464 e. The van der Waals surface area contributed by atoms with Crippen LogP contribution in [0, 0.1) is 11.3 Å². The SMILES string of the molecule is COC(=O)c1nc(CBr)cc(C#N)c1C(F)F. The third-order valence-corrected chi connectivity index (χ3v) is 2.54. The van der Waals surface area contributed by atoms with E-state index in [2.05, 4.69) is 25.7 Å². The number of aromatic nitrogens is 1. The van der Waals surface area contributed by atoms with Gasteiger partial charge in [0.1, 0.15) is 0 Å². The monoisotopic (exact) mass is 304 g/mol. The van der Waals surface area contributed by atoms with Crippen molar-refractivity contribution in [1.82, 2.24) is 4.98 Å². The topological polar surface area (TPSA) is 63.0 Å². The van der Waals surface area contributed by atoms with Gasteiger partial charge in [-0.25, -0.2) is 18.6 Å². The quantitative estimate of drug-likeness (QED) is 0.636. The average Bonchev–Trinajstić information content (AvgIpc) is 2.35. The van der Waals surface area contributed by atoms with Crippen molar-refractivity contribution >= 4 is 21.9 Å². The fraction of sp³-hybridized carbons (Fsp3) is 0.300. The first kappa shape index (κ1) is 13.5. The van der Waals surface area contributed by atoms with Gasteiger partial charge in [0.25, 0.3) is 6.43 Å². The average molecular weight is 305 g/mol. The Labute approximate surface area is 104 Å². The van der Waals surface area contributed by atoms with E-state index in [1.807, 2.05) is 0 Å². The van der Waals surface area contributed by atoms with E-state index in [1.54, 1.807) is 6.07 Å². The van der Waals surface area contributed by atoms with Gasteiger partial charge < -0.3 is 4.74 Å². The standard InChI is InChI=1S/C10H7BrF2N2O2/c1-17-10(16)8-7(9(12)13)5(4-14)2-6(3-11)15-8/h2,9H,3H2,1H3. The summed E-state index contributed by atoms with van der Waals surface area (Å²) in [6.07, 6.45) is -2.96. The number of nitriles is 1. The number of halogens is 3. The van der Waals surface area contributed by atoms with Crippen LogP contribution in [0.25, 0.3) is 0 Å². The number of nitrogens with zero attached hydrogens (tertiary/aromatic N) is 2. The molecule has 0 aromatic carbocycles. The first-order valence-electron chi connectivity index (χ1n) is 4.41. The third-order valence-electron chi connectivity index (χ3n) is 1.97. The maximum Gasteiger partial charge on any atom is 0.357 e. The number of hydrogen-bond acceptors (Lipinski definition) is 4. The van der Waals surface area contributed by atoms with Crippen molar-refractivity contribution in [3.63, 3.8) is 0 Å². The van der Waals surface area contributed by atoms with Gasteiger partial charge in [0, 0.05) is 5.33 Å². The number of rotatable bonds is 3. The van der Waals surface area contributed by atoms with Gasteiger partial charge in [-0.05, 0) is 6.07 Å². The Morgan fingerprint density at radius 2 is 2.35 bits per heavy atom. The number of alkyl halides is 3. The lowest BCUT2D eigenvalue weighted by molar-refractivity contribution is 0.0581. The highest BCUT2D eigenvalue weighted by molar-refractivity contribution is 9.08. The van der Waals surface area contributed by atoms with E-state index in [9.17, 15) is 13.6 Å². The lowest BCUT2D eigenvalue weighted by atomic mass is 10.1. The molecule has 0 bridgehead atoms. The van der Waals surface area contributed by atoms with Crippen LogP contribution in [0.5, 0.6) is 0 Å². The molecule has 1 rings (SSSR count). The van der Waals surface area contributed by atoms with Gasteiger partial charge in [0.05, 0.1) is 30.0 Å². The van der Waals surface area contributed by atoms with E-state index in [0.717, 1.165) is 7.11 Å². The van der Waals surface area contributed by atoms with Gasteiger partial charge in [-0.1, -0.05) is 15.9 Å². The molecule has 0 aliphatic heterocycles. The van der Waals surface area contributed by atoms with Crippen molar-refractivity contribution in [2.45, 2.75) is 11.8 Å². The molecular formula is C10H7BrF2N2O2. The lowest BCUT2D eigenvalue weighted by Crippen LogP contribution is -2.12. The molecule has 0 atom stereocenters. The van der Waals surface area contributed by atoms with E-state index in [4.69, 9.17) is 5.26 Å². The number of carbonyl (C=O) groups excluding carboxylic acids is 1. The second-order valence-corrected chi connectivity index (χ2v) is 3.52. The number of esters is 1. The van der Waals surface area contributed by atoms with Crippen LogP contribution in [0.1, 0.15) is 33.7 Å². The molecule has 0 fully saturated rings. The summed E-state index contributed by atoms with van der Waals surface area (Å²) in [5, 5.41) is 9.03. The fourth-order valence-electron chi connectivity index (χ4n) is 1.24. The molecule has 90 valence electrons. The maximum absolute atomic E-state index is 12.8. The highest BCUT2D eigenvalue weighted by Gasteiger charge is 2.25. The predicted octanol–water partition coefficient (Wildman–Crippen LogP) is 2.57. The molecule has 1 heterocycles. The highest BCUT2D eigenvalue weighted by atomic mass is 79.9. The summed E-state index contributed by atoms with van der Waals surface area (Å²) in [6, 6.07) is 2.83. The van der Waals surface area contributed by atoms with Crippen molar-refractivity contribution in [3.05, 3.63) is 28.6 Å². The molecule has 0 radical (unpaired) electrons. The van der Waals surface area contributed by atoms with Gasteiger partial charge in [-0.2, -0.15) is 5.26 Å². The Morgan fingerprint density at radius 3 is 2.76 bits per heavy atom. The Balaban J connectivity index is 3.53. The maximum atomic E-state index is 12.8. The Hall–Kier alpha value is -1.55. The van der Waals surface area contributed by atoms with Crippen LogP contribution >= 0.6 is 15.9 Å². The second-order valence-electron chi connectivity index (χ2n) is 2.96. The summed E-state index contributed by atoms with van der Waals surface area (Å²) in [6.45, 7) is 0. The van der Waals surface area contributed by atoms with Crippen LogP contribution in [-0.2, 0) is 10.1 Å². The van der Waals surface area contributed by atoms with Crippen molar-refractivity contribution in [2.24, 2.45) is 0 Å². The van der Waals surface area contributed by atoms with Gasteiger partial charge in [0.2, 0.25) is 0 Å². The Morgan fingerprint density at radius 1 is 1.71 bits per heavy atom. The van der Waals surface area contributed by atoms with Crippen LogP contribution in [0.4, 0.5) is 8.78 Å². The van der Waals surface area contributed by atoms with E-state index < -0.39 is 23.7 Å². The molecule has 7 heteroatoms. The summed E-state index contributed by atoms with van der Waals surface area (Å²) in [5.41, 5.74) is -1.17. The predicted molar refractivity (Wildman–Crippen MR) is 57.9 cm³/mol. The molecule has 0 saturated heterocycles. The highest BCUT2D eigenvalue weighted by Crippen LogP contribution is 2.27. The minimum absolute atomic E-state index is 0.245. The van der Waals surface area contributed by atoms with Crippen LogP contribution in [0.2, 0.25) is 0 Å². The molecule has 0 spiro atoms. The molecule has 0 aliphatic carbocycles. The number of pyridine rings is 1. The van der Waals surface area contributed by atoms with Crippen molar-refractivity contribution < 1.29 is 18.3 Å². The van der Waals surface area contributed by atoms with Gasteiger partial charge in [0.15, 0.2) is 5.69 Å². The molecule has 1 aromatic rings. The Kier molecular flexibility index (Phi) is 4.52. The van der Waals surface area contributed by atoms with Crippen molar-refractivity contribution in [2.75, 3.05) is 7.11 Å². The minimum atomic E-state index is -2.96. The number of ether oxygens (including phenoxy) is 1. The normalized spacial score (nSPS) is 10.1. The molecule has 4 nitrogen and oxygen atoms in total. The first-order chi connectivity index (χ1) is 8.04.